The largest absolute Gasteiger partial charge is 0.507 e. The molecule has 4 aliphatic rings. The fourth-order valence-corrected chi connectivity index (χ4v) is 11.3. The summed E-state index contributed by atoms with van der Waals surface area (Å²) in [6, 6.07) is 39.0. The number of rotatable bonds is 3. The van der Waals surface area contributed by atoms with Gasteiger partial charge in [-0.15, -0.1) is 0 Å². The predicted molar refractivity (Wildman–Crippen MR) is 233 cm³/mol. The van der Waals surface area contributed by atoms with E-state index in [1.807, 2.05) is 12.3 Å². The van der Waals surface area contributed by atoms with Gasteiger partial charge in [-0.05, 0) is 143 Å². The minimum atomic E-state index is -0.637. The second-order valence-electron chi connectivity index (χ2n) is 18.7. The summed E-state index contributed by atoms with van der Waals surface area (Å²) in [5.74, 6) is 0.343. The van der Waals surface area contributed by atoms with Crippen molar-refractivity contribution in [3.05, 3.63) is 143 Å². The Kier molecular flexibility index (Phi) is 7.38. The molecule has 1 spiro atoms. The van der Waals surface area contributed by atoms with Crippen LogP contribution in [0.5, 0.6) is 5.75 Å². The Bertz CT molecular complexity index is 2810. The van der Waals surface area contributed by atoms with Gasteiger partial charge in [-0.2, -0.15) is 0 Å². The standard InChI is InChI=1S/C53H51N3O/c1-51(2,3)37-24-29-54-43(32-37)36-13-10-12-35(30-36)38-15-11-17-45-49(38)55-50-47-46(57)21-19-40-39-14-6-7-16-41(39)52(4,48(40)47)42-31-34(18-20-44(42)56(45)50)33-22-27-53(28-23-33)25-8-5-9-26-53/h6-7,10-21,24,29-33,57H,5,8-9,22-23,25-28H2,1-4H3/i33D. The van der Waals surface area contributed by atoms with Crippen molar-refractivity contribution in [2.45, 2.75) is 102 Å². The highest BCUT2D eigenvalue weighted by Gasteiger charge is 2.48. The first-order valence-electron chi connectivity index (χ1n) is 21.7. The van der Waals surface area contributed by atoms with Crippen LogP contribution in [0.25, 0.3) is 61.6 Å². The fraction of sp³-hybridized carbons (Fsp3) is 0.321. The number of benzene rings is 5. The lowest BCUT2D eigenvalue weighted by Gasteiger charge is -2.43. The maximum atomic E-state index is 12.1. The van der Waals surface area contributed by atoms with Crippen molar-refractivity contribution < 1.29 is 6.48 Å². The van der Waals surface area contributed by atoms with Crippen molar-refractivity contribution >= 4 is 11.0 Å². The van der Waals surface area contributed by atoms with Crippen LogP contribution in [-0.4, -0.2) is 19.6 Å². The predicted octanol–water partition coefficient (Wildman–Crippen LogP) is 13.7. The molecule has 2 saturated carbocycles. The highest BCUT2D eigenvalue weighted by Crippen LogP contribution is 2.61. The number of imidazole rings is 1. The van der Waals surface area contributed by atoms with Gasteiger partial charge in [-0.25, -0.2) is 4.98 Å². The number of phenols is 1. The molecule has 1 atom stereocenters. The van der Waals surface area contributed by atoms with E-state index in [0.717, 1.165) is 92.9 Å². The van der Waals surface area contributed by atoms with Gasteiger partial charge < -0.3 is 5.11 Å². The summed E-state index contributed by atoms with van der Waals surface area (Å²) in [5.41, 5.74) is 15.9. The quantitative estimate of drug-likeness (QED) is 0.196. The van der Waals surface area contributed by atoms with E-state index >= 15 is 0 Å². The van der Waals surface area contributed by atoms with E-state index in [1.54, 1.807) is 0 Å². The molecule has 284 valence electrons. The maximum absolute atomic E-state index is 12.1. The summed E-state index contributed by atoms with van der Waals surface area (Å²) >= 11 is 0. The van der Waals surface area contributed by atoms with E-state index in [4.69, 9.17) is 9.97 Å². The minimum absolute atomic E-state index is 0.0161. The molecule has 4 nitrogen and oxygen atoms in total. The van der Waals surface area contributed by atoms with Crippen molar-refractivity contribution in [2.75, 3.05) is 0 Å². The van der Waals surface area contributed by atoms with Gasteiger partial charge in [0.05, 0.1) is 28.0 Å². The number of hydrogen-bond donors (Lipinski definition) is 1. The van der Waals surface area contributed by atoms with Crippen molar-refractivity contribution in [1.82, 2.24) is 14.5 Å². The molecular weight excluding hydrogens is 695 g/mol. The molecular formula is C53H51N3O. The van der Waals surface area contributed by atoms with E-state index in [-0.39, 0.29) is 11.2 Å². The number of para-hydroxylation sites is 1. The number of nitrogens with zero attached hydrogens (tertiary/aromatic N) is 3. The SMILES string of the molecule is [2H]C1(c2ccc3c(c2)C2(C)c4ccccc4-c4ccc(O)c(c42)-c2nc4c(-c5cccc(-c6cc(C(C)(C)C)ccn6)c5)cccc4n2-3)CCC2(CCCCC2)CC1. The van der Waals surface area contributed by atoms with Crippen LogP contribution in [0.2, 0.25) is 0 Å². The van der Waals surface area contributed by atoms with Gasteiger partial charge in [-0.3, -0.25) is 9.55 Å². The van der Waals surface area contributed by atoms with Crippen LogP contribution in [0.15, 0.2) is 115 Å². The number of aromatic nitrogens is 3. The first kappa shape index (κ1) is 33.6. The number of fused-ring (bicyclic) bond motifs is 10. The van der Waals surface area contributed by atoms with E-state index in [2.05, 4.69) is 135 Å². The first-order chi connectivity index (χ1) is 28.0. The normalized spacial score (nSPS) is 20.3. The highest BCUT2D eigenvalue weighted by atomic mass is 16.3. The molecule has 5 aromatic carbocycles. The molecule has 1 aliphatic heterocycles. The van der Waals surface area contributed by atoms with Crippen LogP contribution < -0.4 is 0 Å². The van der Waals surface area contributed by atoms with Gasteiger partial charge in [0.25, 0.3) is 0 Å². The lowest BCUT2D eigenvalue weighted by molar-refractivity contribution is 0.114. The van der Waals surface area contributed by atoms with Crippen molar-refractivity contribution in [3.8, 4) is 56.3 Å². The zero-order valence-electron chi connectivity index (χ0n) is 34.6. The summed E-state index contributed by atoms with van der Waals surface area (Å²) in [6.07, 6.45) is 12.7. The van der Waals surface area contributed by atoms with Gasteiger partial charge in [-0.1, -0.05) is 113 Å². The van der Waals surface area contributed by atoms with E-state index in [9.17, 15) is 6.48 Å². The Morgan fingerprint density at radius 3 is 2.33 bits per heavy atom. The zero-order valence-corrected chi connectivity index (χ0v) is 33.6. The van der Waals surface area contributed by atoms with Crippen LogP contribution in [0.4, 0.5) is 0 Å². The minimum Gasteiger partial charge on any atom is -0.507 e. The molecule has 3 heterocycles. The van der Waals surface area contributed by atoms with Crippen LogP contribution in [0, 0.1) is 5.41 Å². The van der Waals surface area contributed by atoms with Crippen molar-refractivity contribution in [1.29, 1.82) is 0 Å². The molecule has 57 heavy (non-hydrogen) atoms. The molecule has 1 unspecified atom stereocenters. The second kappa shape index (κ2) is 12.5. The third-order valence-corrected chi connectivity index (χ3v) is 14.5. The molecule has 0 saturated heterocycles. The third kappa shape index (κ3) is 5.18. The molecule has 0 amide bonds. The van der Waals surface area contributed by atoms with E-state index in [1.165, 1.54) is 54.4 Å². The lowest BCUT2D eigenvalue weighted by Crippen LogP contribution is -2.29. The zero-order chi connectivity index (χ0) is 39.6. The van der Waals surface area contributed by atoms with Gasteiger partial charge >= 0.3 is 0 Å². The molecule has 1 N–H and O–H groups in total. The average Bonchev–Trinajstić information content (AvgIpc) is 3.72. The summed E-state index contributed by atoms with van der Waals surface area (Å²) < 4.78 is 12.4. The Balaban J connectivity index is 1.13. The van der Waals surface area contributed by atoms with Crippen molar-refractivity contribution in [2.24, 2.45) is 5.41 Å². The van der Waals surface area contributed by atoms with E-state index < -0.39 is 11.3 Å². The topological polar surface area (TPSA) is 50.9 Å². The first-order valence-corrected chi connectivity index (χ1v) is 21.2. The number of phenolic OH excluding ortho intramolecular Hbond substituents is 1. The van der Waals surface area contributed by atoms with Gasteiger partial charge in [0.15, 0.2) is 0 Å². The summed E-state index contributed by atoms with van der Waals surface area (Å²) in [7, 11) is 0. The molecule has 3 aliphatic carbocycles. The summed E-state index contributed by atoms with van der Waals surface area (Å²) in [4.78, 5) is 10.4. The molecule has 2 fully saturated rings. The summed E-state index contributed by atoms with van der Waals surface area (Å²) in [5, 5.41) is 12.1. The second-order valence-corrected chi connectivity index (χ2v) is 18.7. The Morgan fingerprint density at radius 2 is 1.51 bits per heavy atom. The third-order valence-electron chi connectivity index (χ3n) is 14.5. The highest BCUT2D eigenvalue weighted by molar-refractivity contribution is 6.00. The summed E-state index contributed by atoms with van der Waals surface area (Å²) in [6.45, 7) is 9.04. The molecule has 4 heteroatoms. The molecule has 11 rings (SSSR count). The van der Waals surface area contributed by atoms with Crippen LogP contribution in [-0.2, 0) is 10.8 Å². The van der Waals surface area contributed by atoms with Crippen LogP contribution in [0.1, 0.15) is 121 Å². The molecule has 0 radical (unpaired) electrons. The lowest BCUT2D eigenvalue weighted by atomic mass is 9.62. The van der Waals surface area contributed by atoms with Gasteiger partial charge in [0.1, 0.15) is 11.6 Å². The fourth-order valence-electron chi connectivity index (χ4n) is 11.3. The Labute approximate surface area is 338 Å². The van der Waals surface area contributed by atoms with Crippen LogP contribution in [0.3, 0.4) is 0 Å². The number of aromatic hydroxyl groups is 1. The van der Waals surface area contributed by atoms with E-state index in [0.29, 0.717) is 5.41 Å². The molecule has 2 aromatic heterocycles. The van der Waals surface area contributed by atoms with Gasteiger partial charge in [0.2, 0.25) is 0 Å². The average molecular weight is 747 g/mol. The van der Waals surface area contributed by atoms with Crippen LogP contribution >= 0.6 is 0 Å². The number of pyridine rings is 1. The number of hydrogen-bond acceptors (Lipinski definition) is 3. The molecule has 0 bridgehead atoms. The monoisotopic (exact) mass is 746 g/mol. The van der Waals surface area contributed by atoms with Crippen molar-refractivity contribution in [3.63, 3.8) is 0 Å². The van der Waals surface area contributed by atoms with Gasteiger partial charge in [0, 0.05) is 24.1 Å². The maximum Gasteiger partial charge on any atom is 0.149 e. The smallest absolute Gasteiger partial charge is 0.149 e. The Hall–Kier alpha value is -5.48. The Morgan fingerprint density at radius 1 is 0.737 bits per heavy atom. The molecule has 7 aromatic rings.